The molecular formula is C14H17NO5. The summed E-state index contributed by atoms with van der Waals surface area (Å²) in [6.45, 7) is 0.185. The molecule has 1 fully saturated rings. The van der Waals surface area contributed by atoms with Crippen molar-refractivity contribution in [2.45, 2.75) is 44.8 Å². The number of ether oxygens (including phenoxy) is 1. The Morgan fingerprint density at radius 3 is 2.65 bits per heavy atom. The molecule has 0 aromatic heterocycles. The first-order chi connectivity index (χ1) is 9.58. The second-order valence-corrected chi connectivity index (χ2v) is 4.97. The van der Waals surface area contributed by atoms with Crippen LogP contribution < -0.4 is 0 Å². The summed E-state index contributed by atoms with van der Waals surface area (Å²) in [6, 6.07) is 3.86. The number of carboxylic acids is 1. The highest BCUT2D eigenvalue weighted by atomic mass is 16.6. The molecular weight excluding hydrogens is 262 g/mol. The van der Waals surface area contributed by atoms with Crippen LogP contribution in [-0.4, -0.2) is 22.1 Å². The third kappa shape index (κ3) is 3.54. The number of rotatable bonds is 5. The molecule has 0 unspecified atom stereocenters. The van der Waals surface area contributed by atoms with Crippen molar-refractivity contribution in [3.05, 3.63) is 39.4 Å². The third-order valence-electron chi connectivity index (χ3n) is 3.56. The van der Waals surface area contributed by atoms with Crippen molar-refractivity contribution in [3.8, 4) is 0 Å². The van der Waals surface area contributed by atoms with Crippen molar-refractivity contribution >= 4 is 11.7 Å². The van der Waals surface area contributed by atoms with E-state index in [4.69, 9.17) is 9.84 Å². The van der Waals surface area contributed by atoms with Gasteiger partial charge in [0.15, 0.2) is 0 Å². The second kappa shape index (κ2) is 6.47. The third-order valence-corrected chi connectivity index (χ3v) is 3.56. The average Bonchev–Trinajstić information content (AvgIpc) is 2.45. The van der Waals surface area contributed by atoms with Gasteiger partial charge in [-0.05, 0) is 24.5 Å². The van der Waals surface area contributed by atoms with E-state index in [1.54, 1.807) is 0 Å². The SMILES string of the molecule is O=C(O)c1cc([N+](=O)[O-])ccc1COC1CCCCC1. The lowest BCUT2D eigenvalue weighted by atomic mass is 9.97. The van der Waals surface area contributed by atoms with Crippen LogP contribution in [0.25, 0.3) is 0 Å². The molecule has 0 saturated heterocycles. The van der Waals surface area contributed by atoms with Crippen LogP contribution in [0.15, 0.2) is 18.2 Å². The van der Waals surface area contributed by atoms with Gasteiger partial charge in [-0.25, -0.2) is 4.79 Å². The molecule has 0 atom stereocenters. The molecule has 1 saturated carbocycles. The minimum atomic E-state index is -1.17. The molecule has 1 aromatic carbocycles. The van der Waals surface area contributed by atoms with Crippen LogP contribution in [0.3, 0.4) is 0 Å². The molecule has 2 rings (SSSR count). The van der Waals surface area contributed by atoms with Crippen LogP contribution >= 0.6 is 0 Å². The first-order valence-corrected chi connectivity index (χ1v) is 6.70. The maximum atomic E-state index is 11.2. The summed E-state index contributed by atoms with van der Waals surface area (Å²) in [6.07, 6.45) is 5.65. The number of hydrogen-bond acceptors (Lipinski definition) is 4. The fourth-order valence-electron chi connectivity index (χ4n) is 2.44. The highest BCUT2D eigenvalue weighted by molar-refractivity contribution is 5.90. The van der Waals surface area contributed by atoms with Crippen LogP contribution in [0.4, 0.5) is 5.69 Å². The van der Waals surface area contributed by atoms with Gasteiger partial charge in [-0.15, -0.1) is 0 Å². The Morgan fingerprint density at radius 2 is 2.05 bits per heavy atom. The minimum Gasteiger partial charge on any atom is -0.478 e. The summed E-state index contributed by atoms with van der Waals surface area (Å²) in [5, 5.41) is 19.8. The Hall–Kier alpha value is -1.95. The van der Waals surface area contributed by atoms with E-state index >= 15 is 0 Å². The molecule has 0 radical (unpaired) electrons. The Balaban J connectivity index is 2.09. The van der Waals surface area contributed by atoms with Gasteiger partial charge >= 0.3 is 5.97 Å². The molecule has 20 heavy (non-hydrogen) atoms. The fourth-order valence-corrected chi connectivity index (χ4v) is 2.44. The predicted molar refractivity (Wildman–Crippen MR) is 71.7 cm³/mol. The molecule has 6 nitrogen and oxygen atoms in total. The Morgan fingerprint density at radius 1 is 1.35 bits per heavy atom. The Labute approximate surface area is 116 Å². The maximum Gasteiger partial charge on any atom is 0.336 e. The number of nitrogens with zero attached hydrogens (tertiary/aromatic N) is 1. The Kier molecular flexibility index (Phi) is 4.68. The zero-order valence-electron chi connectivity index (χ0n) is 11.1. The quantitative estimate of drug-likeness (QED) is 0.660. The van der Waals surface area contributed by atoms with Crippen molar-refractivity contribution in [2.75, 3.05) is 0 Å². The minimum absolute atomic E-state index is 0.0602. The van der Waals surface area contributed by atoms with Crippen LogP contribution in [0.1, 0.15) is 48.0 Å². The molecule has 0 heterocycles. The molecule has 6 heteroatoms. The first-order valence-electron chi connectivity index (χ1n) is 6.70. The normalized spacial score (nSPS) is 16.0. The Bertz CT molecular complexity index is 508. The van der Waals surface area contributed by atoms with E-state index in [2.05, 4.69) is 0 Å². The summed E-state index contributed by atoms with van der Waals surface area (Å²) < 4.78 is 5.73. The van der Waals surface area contributed by atoms with Crippen LogP contribution in [0, 0.1) is 10.1 Å². The van der Waals surface area contributed by atoms with Gasteiger partial charge in [0, 0.05) is 12.1 Å². The molecule has 1 aliphatic carbocycles. The van der Waals surface area contributed by atoms with Crippen molar-refractivity contribution in [1.82, 2.24) is 0 Å². The van der Waals surface area contributed by atoms with Gasteiger partial charge in [-0.1, -0.05) is 19.3 Å². The second-order valence-electron chi connectivity index (χ2n) is 4.97. The van der Waals surface area contributed by atoms with Gasteiger partial charge in [0.2, 0.25) is 0 Å². The lowest BCUT2D eigenvalue weighted by Gasteiger charge is -2.22. The summed E-state index contributed by atoms with van der Waals surface area (Å²) in [5.41, 5.74) is 0.201. The molecule has 1 N–H and O–H groups in total. The van der Waals surface area contributed by atoms with E-state index in [-0.39, 0.29) is 24.0 Å². The van der Waals surface area contributed by atoms with E-state index in [9.17, 15) is 14.9 Å². The number of benzene rings is 1. The topological polar surface area (TPSA) is 89.7 Å². The molecule has 0 spiro atoms. The monoisotopic (exact) mass is 279 g/mol. The standard InChI is InChI=1S/C14H17NO5/c16-14(17)13-8-11(15(18)19)7-6-10(13)9-20-12-4-2-1-3-5-12/h6-8,12H,1-5,9H2,(H,16,17). The molecule has 0 amide bonds. The van der Waals surface area contributed by atoms with Crippen LogP contribution in [-0.2, 0) is 11.3 Å². The summed E-state index contributed by atoms with van der Waals surface area (Å²) >= 11 is 0. The van der Waals surface area contributed by atoms with Gasteiger partial charge in [-0.3, -0.25) is 10.1 Å². The maximum absolute atomic E-state index is 11.2. The van der Waals surface area contributed by atoms with E-state index < -0.39 is 10.9 Å². The van der Waals surface area contributed by atoms with Gasteiger partial charge in [-0.2, -0.15) is 0 Å². The van der Waals surface area contributed by atoms with Crippen molar-refractivity contribution in [1.29, 1.82) is 0 Å². The highest BCUT2D eigenvalue weighted by Gasteiger charge is 2.18. The summed E-state index contributed by atoms with van der Waals surface area (Å²) in [5.74, 6) is -1.17. The van der Waals surface area contributed by atoms with Crippen molar-refractivity contribution in [3.63, 3.8) is 0 Å². The molecule has 0 bridgehead atoms. The molecule has 1 aliphatic rings. The largest absolute Gasteiger partial charge is 0.478 e. The van der Waals surface area contributed by atoms with Gasteiger partial charge < -0.3 is 9.84 Å². The zero-order chi connectivity index (χ0) is 14.5. The van der Waals surface area contributed by atoms with E-state index in [1.165, 1.54) is 18.6 Å². The van der Waals surface area contributed by atoms with Gasteiger partial charge in [0.25, 0.3) is 5.69 Å². The first kappa shape index (κ1) is 14.5. The lowest BCUT2D eigenvalue weighted by molar-refractivity contribution is -0.384. The van der Waals surface area contributed by atoms with Crippen LogP contribution in [0.5, 0.6) is 0 Å². The van der Waals surface area contributed by atoms with Crippen LogP contribution in [0.2, 0.25) is 0 Å². The number of aromatic carboxylic acids is 1. The summed E-state index contributed by atoms with van der Waals surface area (Å²) in [7, 11) is 0. The lowest BCUT2D eigenvalue weighted by Crippen LogP contribution is -2.17. The van der Waals surface area contributed by atoms with E-state index in [0.717, 1.165) is 31.7 Å². The molecule has 1 aromatic rings. The predicted octanol–water partition coefficient (Wildman–Crippen LogP) is 3.14. The number of carbonyl (C=O) groups is 1. The zero-order valence-corrected chi connectivity index (χ0v) is 11.1. The highest BCUT2D eigenvalue weighted by Crippen LogP contribution is 2.23. The van der Waals surface area contributed by atoms with Gasteiger partial charge in [0.05, 0.1) is 23.2 Å². The summed E-state index contributed by atoms with van der Waals surface area (Å²) in [4.78, 5) is 21.2. The fraction of sp³-hybridized carbons (Fsp3) is 0.500. The van der Waals surface area contributed by atoms with Gasteiger partial charge in [0.1, 0.15) is 0 Å². The van der Waals surface area contributed by atoms with E-state index in [1.807, 2.05) is 0 Å². The van der Waals surface area contributed by atoms with E-state index in [0.29, 0.717) is 5.56 Å². The molecule has 0 aliphatic heterocycles. The average molecular weight is 279 g/mol. The number of nitro benzene ring substituents is 1. The van der Waals surface area contributed by atoms with Crippen molar-refractivity contribution in [2.24, 2.45) is 0 Å². The van der Waals surface area contributed by atoms with Crippen molar-refractivity contribution < 1.29 is 19.6 Å². The number of carboxylic acid groups (broad SMARTS) is 1. The number of non-ortho nitro benzene ring substituents is 1. The smallest absolute Gasteiger partial charge is 0.336 e. The number of hydrogen-bond donors (Lipinski definition) is 1. The molecule has 108 valence electrons. The number of nitro groups is 1.